The van der Waals surface area contributed by atoms with E-state index in [2.05, 4.69) is 29.5 Å². The first-order valence-electron chi connectivity index (χ1n) is 5.55. The lowest BCUT2D eigenvalue weighted by atomic mass is 10.3. The molecule has 1 aliphatic heterocycles. The molecule has 0 bridgehead atoms. The zero-order valence-electron chi connectivity index (χ0n) is 8.97. The van der Waals surface area contributed by atoms with E-state index in [9.17, 15) is 4.39 Å². The Bertz CT molecular complexity index is 328. The minimum Gasteiger partial charge on any atom is -0.207 e. The van der Waals surface area contributed by atoms with Gasteiger partial charge in [0.15, 0.2) is 0 Å². The summed E-state index contributed by atoms with van der Waals surface area (Å²) in [5.41, 5.74) is 0. The molecule has 1 heterocycles. The number of benzene rings is 1. The molecule has 3 heteroatoms. The molecular weight excluding hydrogens is 318 g/mol. The van der Waals surface area contributed by atoms with Crippen LogP contribution in [0, 0.1) is 5.82 Å². The summed E-state index contributed by atoms with van der Waals surface area (Å²) >= 11 is 2.58. The average Bonchev–Trinajstić information content (AvgIpc) is 2.69. The highest BCUT2D eigenvalue weighted by Crippen LogP contribution is 2.35. The van der Waals surface area contributed by atoms with E-state index in [1.54, 1.807) is 12.1 Å². The predicted molar refractivity (Wildman–Crippen MR) is 74.1 cm³/mol. The van der Waals surface area contributed by atoms with E-state index in [-0.39, 0.29) is 5.82 Å². The van der Waals surface area contributed by atoms with Gasteiger partial charge in [0, 0.05) is 3.55 Å². The summed E-state index contributed by atoms with van der Waals surface area (Å²) in [6, 6.07) is 10.1. The molecule has 0 radical (unpaired) electrons. The van der Waals surface area contributed by atoms with Crippen LogP contribution in [0.3, 0.4) is 0 Å². The standard InChI is InChI=1S/C12H16FISi/c1-10(14)15(8-2-3-9-15)12-6-4-11(13)5-7-12/h4-7,10H,2-3,8-9H2,1H3. The second kappa shape index (κ2) is 4.53. The largest absolute Gasteiger partial charge is 0.207 e. The van der Waals surface area contributed by atoms with Gasteiger partial charge in [-0.3, -0.25) is 0 Å². The monoisotopic (exact) mass is 334 g/mol. The summed E-state index contributed by atoms with van der Waals surface area (Å²) in [7, 11) is -1.29. The summed E-state index contributed by atoms with van der Waals surface area (Å²) in [5.74, 6) is -0.109. The Balaban J connectivity index is 2.36. The van der Waals surface area contributed by atoms with E-state index in [0.717, 1.165) is 3.55 Å². The van der Waals surface area contributed by atoms with Crippen LogP contribution >= 0.6 is 22.6 Å². The normalized spacial score (nSPS) is 21.5. The molecule has 1 fully saturated rings. The first kappa shape index (κ1) is 11.6. The van der Waals surface area contributed by atoms with Crippen LogP contribution in [0.2, 0.25) is 12.1 Å². The van der Waals surface area contributed by atoms with E-state index in [1.165, 1.54) is 30.1 Å². The maximum absolute atomic E-state index is 12.9. The molecule has 1 saturated heterocycles. The second-order valence-corrected chi connectivity index (χ2v) is 12.3. The van der Waals surface area contributed by atoms with Gasteiger partial charge in [0.05, 0.1) is 8.07 Å². The Morgan fingerprint density at radius 2 is 1.73 bits per heavy atom. The van der Waals surface area contributed by atoms with Gasteiger partial charge in [0.1, 0.15) is 5.82 Å². The van der Waals surface area contributed by atoms with Gasteiger partial charge in [0.2, 0.25) is 0 Å². The summed E-state index contributed by atoms with van der Waals surface area (Å²) in [6.45, 7) is 2.33. The van der Waals surface area contributed by atoms with E-state index in [4.69, 9.17) is 0 Å². The van der Waals surface area contributed by atoms with Crippen LogP contribution in [0.15, 0.2) is 24.3 Å². The van der Waals surface area contributed by atoms with Crippen molar-refractivity contribution in [3.63, 3.8) is 0 Å². The molecule has 0 saturated carbocycles. The van der Waals surface area contributed by atoms with Crippen LogP contribution in [0.1, 0.15) is 19.8 Å². The van der Waals surface area contributed by atoms with Gasteiger partial charge in [-0.1, -0.05) is 71.8 Å². The van der Waals surface area contributed by atoms with Crippen LogP contribution in [-0.2, 0) is 0 Å². The van der Waals surface area contributed by atoms with Crippen molar-refractivity contribution in [1.29, 1.82) is 0 Å². The van der Waals surface area contributed by atoms with Gasteiger partial charge in [-0.25, -0.2) is 4.39 Å². The van der Waals surface area contributed by atoms with E-state index in [1.807, 2.05) is 12.1 Å². The van der Waals surface area contributed by atoms with Crippen LogP contribution < -0.4 is 5.19 Å². The zero-order chi connectivity index (χ0) is 10.9. The predicted octanol–water partition coefficient (Wildman–Crippen LogP) is 3.64. The molecule has 1 atom stereocenters. The van der Waals surface area contributed by atoms with Crippen molar-refractivity contribution in [2.24, 2.45) is 0 Å². The van der Waals surface area contributed by atoms with Crippen molar-refractivity contribution in [1.82, 2.24) is 0 Å². The Kier molecular flexibility index (Phi) is 3.50. The smallest absolute Gasteiger partial charge is 0.123 e. The topological polar surface area (TPSA) is 0 Å². The highest BCUT2D eigenvalue weighted by atomic mass is 127. The fourth-order valence-electron chi connectivity index (χ4n) is 2.70. The Labute approximate surface area is 105 Å². The first-order chi connectivity index (χ1) is 7.15. The molecule has 1 aromatic rings. The van der Waals surface area contributed by atoms with Crippen LogP contribution in [0.5, 0.6) is 0 Å². The molecule has 0 spiro atoms. The Hall–Kier alpha value is 0.0969. The van der Waals surface area contributed by atoms with Crippen molar-refractivity contribution in [2.75, 3.05) is 0 Å². The van der Waals surface area contributed by atoms with Gasteiger partial charge in [-0.15, -0.1) is 0 Å². The van der Waals surface area contributed by atoms with Crippen molar-refractivity contribution >= 4 is 35.9 Å². The SMILES string of the molecule is CC(I)[Si]1(c2ccc(F)cc2)CCCC1. The van der Waals surface area contributed by atoms with Crippen molar-refractivity contribution < 1.29 is 4.39 Å². The van der Waals surface area contributed by atoms with Crippen LogP contribution in [0.25, 0.3) is 0 Å². The minimum absolute atomic E-state index is 0.109. The molecule has 0 N–H and O–H groups in total. The molecule has 2 rings (SSSR count). The molecule has 1 aliphatic rings. The third-order valence-corrected chi connectivity index (χ3v) is 12.8. The molecule has 0 amide bonds. The zero-order valence-corrected chi connectivity index (χ0v) is 12.1. The molecular formula is C12H16FISi. The number of alkyl halides is 1. The molecule has 82 valence electrons. The molecule has 1 aromatic carbocycles. The lowest BCUT2D eigenvalue weighted by Gasteiger charge is -2.30. The number of rotatable bonds is 2. The van der Waals surface area contributed by atoms with Crippen molar-refractivity contribution in [2.45, 2.75) is 35.4 Å². The summed E-state index contributed by atoms with van der Waals surface area (Å²) in [6.07, 6.45) is 2.74. The van der Waals surface area contributed by atoms with Crippen molar-refractivity contribution in [3.8, 4) is 0 Å². The van der Waals surface area contributed by atoms with Crippen LogP contribution in [0.4, 0.5) is 4.39 Å². The molecule has 1 unspecified atom stereocenters. The highest BCUT2D eigenvalue weighted by Gasteiger charge is 2.41. The average molecular weight is 334 g/mol. The lowest BCUT2D eigenvalue weighted by molar-refractivity contribution is 0.628. The number of hydrogen-bond donors (Lipinski definition) is 0. The van der Waals surface area contributed by atoms with Gasteiger partial charge in [-0.05, 0) is 12.1 Å². The van der Waals surface area contributed by atoms with Crippen molar-refractivity contribution in [3.05, 3.63) is 30.1 Å². The highest BCUT2D eigenvalue weighted by molar-refractivity contribution is 14.1. The quantitative estimate of drug-likeness (QED) is 0.440. The number of halogens is 2. The molecule has 0 aromatic heterocycles. The van der Waals surface area contributed by atoms with Gasteiger partial charge in [-0.2, -0.15) is 0 Å². The minimum atomic E-state index is -1.29. The number of hydrogen-bond acceptors (Lipinski definition) is 0. The lowest BCUT2D eigenvalue weighted by Crippen LogP contribution is -2.51. The Morgan fingerprint density at radius 1 is 1.20 bits per heavy atom. The molecule has 0 nitrogen and oxygen atoms in total. The fraction of sp³-hybridized carbons (Fsp3) is 0.500. The van der Waals surface area contributed by atoms with Gasteiger partial charge in [0.25, 0.3) is 0 Å². The van der Waals surface area contributed by atoms with E-state index in [0.29, 0.717) is 0 Å². The van der Waals surface area contributed by atoms with Gasteiger partial charge >= 0.3 is 0 Å². The third kappa shape index (κ3) is 2.13. The van der Waals surface area contributed by atoms with E-state index >= 15 is 0 Å². The van der Waals surface area contributed by atoms with Crippen LogP contribution in [-0.4, -0.2) is 11.6 Å². The Morgan fingerprint density at radius 3 is 2.20 bits per heavy atom. The maximum atomic E-state index is 12.9. The third-order valence-electron chi connectivity index (χ3n) is 3.68. The summed E-state index contributed by atoms with van der Waals surface area (Å²) < 4.78 is 13.7. The first-order valence-corrected chi connectivity index (χ1v) is 9.29. The maximum Gasteiger partial charge on any atom is 0.123 e. The molecule has 15 heavy (non-hydrogen) atoms. The molecule has 0 aliphatic carbocycles. The second-order valence-electron chi connectivity index (χ2n) is 4.49. The summed E-state index contributed by atoms with van der Waals surface area (Å²) in [5, 5.41) is 1.46. The van der Waals surface area contributed by atoms with Gasteiger partial charge < -0.3 is 0 Å². The summed E-state index contributed by atoms with van der Waals surface area (Å²) in [4.78, 5) is 0. The fourth-order valence-corrected chi connectivity index (χ4v) is 10.3. The van der Waals surface area contributed by atoms with E-state index < -0.39 is 8.07 Å².